The van der Waals surface area contributed by atoms with Crippen molar-refractivity contribution in [3.05, 3.63) is 48.0 Å². The summed E-state index contributed by atoms with van der Waals surface area (Å²) in [6.07, 6.45) is 0.406. The number of fused-ring (bicyclic) bond motifs is 1. The molecule has 0 saturated carbocycles. The number of hydrogen-bond donors (Lipinski definition) is 2. The van der Waals surface area contributed by atoms with Gasteiger partial charge in [-0.05, 0) is 34.5 Å². The van der Waals surface area contributed by atoms with Crippen molar-refractivity contribution in [1.29, 1.82) is 0 Å². The summed E-state index contributed by atoms with van der Waals surface area (Å²) in [7, 11) is -1.94. The number of nitrogens with one attached hydrogen (secondary N) is 1. The molecule has 2 N–H and O–H groups in total. The van der Waals surface area contributed by atoms with E-state index >= 15 is 0 Å². The van der Waals surface area contributed by atoms with Gasteiger partial charge in [0, 0.05) is 13.0 Å². The zero-order chi connectivity index (χ0) is 20.9. The molecule has 2 aromatic carbocycles. The van der Waals surface area contributed by atoms with E-state index < -0.39 is 20.3 Å². The summed E-state index contributed by atoms with van der Waals surface area (Å²) in [5, 5.41) is 14.3. The van der Waals surface area contributed by atoms with E-state index in [1.165, 1.54) is 0 Å². The Balaban J connectivity index is 1.93. The van der Waals surface area contributed by atoms with Crippen molar-refractivity contribution in [1.82, 2.24) is 5.32 Å². The standard InChI is InChI=1S/C22H31NO4Si/c1-22(2,3)28(4,5)27-13-12-19(21(25)26)23-20(24)15-16-10-11-17-8-6-7-9-18(17)14-16/h6-11,14,19H,12-13,15H2,1-5H3,(H,23,24)(H,25,26)/t19-/m1/s1. The van der Waals surface area contributed by atoms with E-state index in [1.807, 2.05) is 42.5 Å². The Kier molecular flexibility index (Phi) is 7.01. The van der Waals surface area contributed by atoms with Crippen LogP contribution in [0.1, 0.15) is 32.8 Å². The highest BCUT2D eigenvalue weighted by molar-refractivity contribution is 6.74. The van der Waals surface area contributed by atoms with E-state index in [4.69, 9.17) is 4.43 Å². The van der Waals surface area contributed by atoms with Gasteiger partial charge in [-0.15, -0.1) is 0 Å². The van der Waals surface area contributed by atoms with Crippen LogP contribution in [0, 0.1) is 0 Å². The molecule has 2 aromatic rings. The van der Waals surface area contributed by atoms with Crippen LogP contribution in [0.2, 0.25) is 18.1 Å². The fourth-order valence-electron chi connectivity index (χ4n) is 2.69. The molecule has 0 fully saturated rings. The Labute approximate surface area is 168 Å². The Morgan fingerprint density at radius 1 is 1.11 bits per heavy atom. The van der Waals surface area contributed by atoms with Crippen LogP contribution >= 0.6 is 0 Å². The summed E-state index contributed by atoms with van der Waals surface area (Å²) in [6, 6.07) is 12.8. The molecule has 0 aliphatic heterocycles. The molecule has 0 spiro atoms. The Hall–Kier alpha value is -2.18. The molecule has 0 aliphatic carbocycles. The number of benzene rings is 2. The van der Waals surface area contributed by atoms with Crippen molar-refractivity contribution in [2.24, 2.45) is 0 Å². The molecule has 0 saturated heterocycles. The van der Waals surface area contributed by atoms with Gasteiger partial charge in [0.1, 0.15) is 6.04 Å². The van der Waals surface area contributed by atoms with Crippen molar-refractivity contribution in [3.63, 3.8) is 0 Å². The van der Waals surface area contributed by atoms with Crippen LogP contribution in [0.3, 0.4) is 0 Å². The minimum Gasteiger partial charge on any atom is -0.480 e. The predicted molar refractivity (Wildman–Crippen MR) is 115 cm³/mol. The van der Waals surface area contributed by atoms with E-state index in [9.17, 15) is 14.7 Å². The van der Waals surface area contributed by atoms with E-state index in [0.717, 1.165) is 16.3 Å². The number of hydrogen-bond acceptors (Lipinski definition) is 3. The van der Waals surface area contributed by atoms with E-state index in [-0.39, 0.29) is 23.8 Å². The molecule has 0 aromatic heterocycles. The van der Waals surface area contributed by atoms with Crippen LogP contribution in [-0.2, 0) is 20.4 Å². The van der Waals surface area contributed by atoms with Crippen molar-refractivity contribution in [2.45, 2.75) is 57.8 Å². The van der Waals surface area contributed by atoms with Gasteiger partial charge in [0.15, 0.2) is 8.32 Å². The third kappa shape index (κ3) is 5.91. The predicted octanol–water partition coefficient (Wildman–Crippen LogP) is 4.36. The molecular weight excluding hydrogens is 370 g/mol. The number of carboxylic acid groups (broad SMARTS) is 1. The highest BCUT2D eigenvalue weighted by Gasteiger charge is 2.37. The fourth-order valence-corrected chi connectivity index (χ4v) is 3.75. The van der Waals surface area contributed by atoms with Crippen LogP contribution in [-0.4, -0.2) is 37.9 Å². The number of carboxylic acids is 1. The largest absolute Gasteiger partial charge is 0.480 e. The van der Waals surface area contributed by atoms with Gasteiger partial charge in [0.2, 0.25) is 5.91 Å². The summed E-state index contributed by atoms with van der Waals surface area (Å²) in [5.74, 6) is -1.33. The van der Waals surface area contributed by atoms with E-state index in [2.05, 4.69) is 39.2 Å². The molecule has 28 heavy (non-hydrogen) atoms. The Bertz CT molecular complexity index is 842. The molecular formula is C22H31NO4Si. The first-order chi connectivity index (χ1) is 13.0. The molecule has 1 atom stereocenters. The molecule has 152 valence electrons. The summed E-state index contributed by atoms with van der Waals surface area (Å²) < 4.78 is 6.05. The first kappa shape index (κ1) is 22.1. The topological polar surface area (TPSA) is 75.6 Å². The second-order valence-corrected chi connectivity index (χ2v) is 13.5. The van der Waals surface area contributed by atoms with Gasteiger partial charge in [0.05, 0.1) is 6.42 Å². The SMILES string of the molecule is CC(C)(C)[Si](C)(C)OCC[C@@H](NC(=O)Cc1ccc2ccccc2c1)C(=O)O. The third-order valence-corrected chi connectivity index (χ3v) is 10.0. The lowest BCUT2D eigenvalue weighted by Crippen LogP contribution is -2.45. The first-order valence-electron chi connectivity index (χ1n) is 9.63. The smallest absolute Gasteiger partial charge is 0.326 e. The number of aliphatic carboxylic acids is 1. The lowest BCUT2D eigenvalue weighted by molar-refractivity contribution is -0.142. The summed E-state index contributed by atoms with van der Waals surface area (Å²) in [4.78, 5) is 23.9. The van der Waals surface area contributed by atoms with Gasteiger partial charge < -0.3 is 14.8 Å². The second-order valence-electron chi connectivity index (χ2n) is 8.71. The van der Waals surface area contributed by atoms with Gasteiger partial charge in [0.25, 0.3) is 0 Å². The van der Waals surface area contributed by atoms with Gasteiger partial charge in [-0.1, -0.05) is 63.2 Å². The van der Waals surface area contributed by atoms with E-state index in [0.29, 0.717) is 6.61 Å². The molecule has 0 bridgehead atoms. The summed E-state index contributed by atoms with van der Waals surface area (Å²) >= 11 is 0. The molecule has 0 unspecified atom stereocenters. The monoisotopic (exact) mass is 401 g/mol. The first-order valence-corrected chi connectivity index (χ1v) is 12.5. The highest BCUT2D eigenvalue weighted by atomic mass is 28.4. The van der Waals surface area contributed by atoms with Gasteiger partial charge in [-0.2, -0.15) is 0 Å². The molecule has 0 heterocycles. The summed E-state index contributed by atoms with van der Waals surface area (Å²) in [5.41, 5.74) is 0.859. The van der Waals surface area contributed by atoms with Gasteiger partial charge in [-0.3, -0.25) is 4.79 Å². The van der Waals surface area contributed by atoms with Crippen LogP contribution in [0.25, 0.3) is 10.8 Å². The quantitative estimate of drug-likeness (QED) is 0.644. The van der Waals surface area contributed by atoms with Crippen molar-refractivity contribution < 1.29 is 19.1 Å². The van der Waals surface area contributed by atoms with Crippen LogP contribution in [0.15, 0.2) is 42.5 Å². The Morgan fingerprint density at radius 3 is 2.36 bits per heavy atom. The van der Waals surface area contributed by atoms with Crippen molar-refractivity contribution >= 4 is 31.0 Å². The molecule has 2 rings (SSSR count). The lowest BCUT2D eigenvalue weighted by Gasteiger charge is -2.36. The minimum absolute atomic E-state index is 0.0606. The Morgan fingerprint density at radius 2 is 1.75 bits per heavy atom. The van der Waals surface area contributed by atoms with Crippen LogP contribution in [0.5, 0.6) is 0 Å². The van der Waals surface area contributed by atoms with Crippen molar-refractivity contribution in [3.8, 4) is 0 Å². The minimum atomic E-state index is -1.94. The fraction of sp³-hybridized carbons (Fsp3) is 0.455. The van der Waals surface area contributed by atoms with Gasteiger partial charge >= 0.3 is 5.97 Å². The van der Waals surface area contributed by atoms with E-state index in [1.54, 1.807) is 0 Å². The van der Waals surface area contributed by atoms with Gasteiger partial charge in [-0.25, -0.2) is 4.79 Å². The van der Waals surface area contributed by atoms with Crippen LogP contribution in [0.4, 0.5) is 0 Å². The number of rotatable bonds is 8. The molecule has 0 radical (unpaired) electrons. The normalized spacial score (nSPS) is 13.3. The average Bonchev–Trinajstić information content (AvgIpc) is 2.59. The molecule has 0 aliphatic rings. The summed E-state index contributed by atoms with van der Waals surface area (Å²) in [6.45, 7) is 11.0. The van der Waals surface area contributed by atoms with Crippen molar-refractivity contribution in [2.75, 3.05) is 6.61 Å². The highest BCUT2D eigenvalue weighted by Crippen LogP contribution is 2.36. The number of amides is 1. The maximum atomic E-state index is 12.4. The maximum Gasteiger partial charge on any atom is 0.326 e. The number of carbonyl (C=O) groups excluding carboxylic acids is 1. The maximum absolute atomic E-state index is 12.4. The zero-order valence-corrected chi connectivity index (χ0v) is 18.4. The van der Waals surface area contributed by atoms with Crippen LogP contribution < -0.4 is 5.32 Å². The molecule has 5 nitrogen and oxygen atoms in total. The molecule has 6 heteroatoms. The zero-order valence-electron chi connectivity index (χ0n) is 17.4. The average molecular weight is 402 g/mol. The molecule has 1 amide bonds. The number of carbonyl (C=O) groups is 2. The lowest BCUT2D eigenvalue weighted by atomic mass is 10.0. The second kappa shape index (κ2) is 8.88. The third-order valence-electron chi connectivity index (χ3n) is 5.49.